The molecule has 200 valence electrons. The van der Waals surface area contributed by atoms with Gasteiger partial charge in [0.05, 0.1) is 18.6 Å². The van der Waals surface area contributed by atoms with Crippen LogP contribution >= 0.6 is 0 Å². The Morgan fingerprint density at radius 2 is 1.86 bits per heavy atom. The second kappa shape index (κ2) is 8.37. The number of carbonyl (C=O) groups excluding carboxylic acids is 3. The molecule has 0 unspecified atom stereocenters. The minimum absolute atomic E-state index is 0.0202. The third-order valence-electron chi connectivity index (χ3n) is 9.72. The maximum Gasteiger partial charge on any atom is 0.334 e. The Morgan fingerprint density at radius 1 is 1.17 bits per heavy atom. The summed E-state index contributed by atoms with van der Waals surface area (Å²) in [7, 11) is 0. The van der Waals surface area contributed by atoms with E-state index in [0.717, 1.165) is 17.6 Å². The van der Waals surface area contributed by atoms with Crippen molar-refractivity contribution in [2.75, 3.05) is 6.61 Å². The number of hydrogen-bond donors (Lipinski definition) is 1. The van der Waals surface area contributed by atoms with Crippen molar-refractivity contribution >= 4 is 17.7 Å². The van der Waals surface area contributed by atoms with Crippen LogP contribution in [0.15, 0.2) is 11.1 Å². The molecule has 8 atom stereocenters. The summed E-state index contributed by atoms with van der Waals surface area (Å²) in [4.78, 5) is 36.4. The normalized spacial score (nSPS) is 45.2. The number of carbonyl (C=O) groups is 3. The van der Waals surface area contributed by atoms with Crippen molar-refractivity contribution in [1.82, 2.24) is 0 Å². The maximum absolute atomic E-state index is 12.8. The van der Waals surface area contributed by atoms with E-state index in [0.29, 0.717) is 25.9 Å². The molecule has 36 heavy (non-hydrogen) atoms. The minimum atomic E-state index is -1.29. The molecule has 2 saturated carbocycles. The lowest BCUT2D eigenvalue weighted by molar-refractivity contribution is -0.206. The molecule has 4 fully saturated rings. The topological polar surface area (TPSA) is 115 Å². The highest BCUT2D eigenvalue weighted by Gasteiger charge is 2.95. The van der Waals surface area contributed by atoms with Gasteiger partial charge in [-0.25, -0.2) is 4.79 Å². The first kappa shape index (κ1) is 25.9. The number of fused-ring (bicyclic) bond motifs is 2. The molecule has 0 amide bonds. The fourth-order valence-electron chi connectivity index (χ4n) is 7.84. The van der Waals surface area contributed by atoms with E-state index in [-0.39, 0.29) is 54.1 Å². The van der Waals surface area contributed by atoms with Crippen molar-refractivity contribution in [2.24, 2.45) is 17.3 Å². The minimum Gasteiger partial charge on any atom is -0.458 e. The molecule has 0 bridgehead atoms. The Balaban J connectivity index is 0.000000848. The average molecular weight is 505 g/mol. The van der Waals surface area contributed by atoms with Gasteiger partial charge in [-0.3, -0.25) is 4.79 Å². The molecular weight excluding hydrogens is 464 g/mol. The predicted octanol–water partition coefficient (Wildman–Crippen LogP) is 3.42. The molecule has 2 saturated heterocycles. The SMILES string of the molecule is CC(=O)CCC(=O)O[C@H]1[C@]23O[C@H]2C[C@H]2C4=C(CC[C@]2(C)[C@@]32O[C@H]2C[C@@]1(O)C(C)C)C(=O)OC4.CCC. The third kappa shape index (κ3) is 3.19. The summed E-state index contributed by atoms with van der Waals surface area (Å²) < 4.78 is 24.4. The molecule has 1 N–H and O–H groups in total. The first-order valence-electron chi connectivity index (χ1n) is 13.6. The average Bonchev–Trinajstić information content (AvgIpc) is 3.68. The number of ketones is 1. The van der Waals surface area contributed by atoms with Gasteiger partial charge < -0.3 is 28.8 Å². The van der Waals surface area contributed by atoms with E-state index in [2.05, 4.69) is 20.8 Å². The Kier molecular flexibility index (Phi) is 6.01. The molecule has 3 aliphatic heterocycles. The molecule has 0 radical (unpaired) electrons. The number of rotatable bonds is 5. The summed E-state index contributed by atoms with van der Waals surface area (Å²) in [6.07, 6.45) is 2.46. The van der Waals surface area contributed by atoms with E-state index in [1.54, 1.807) is 0 Å². The lowest BCUT2D eigenvalue weighted by Crippen LogP contribution is -2.72. The molecule has 2 spiro atoms. The van der Waals surface area contributed by atoms with Crippen LogP contribution in [0, 0.1) is 17.3 Å². The molecule has 3 heterocycles. The monoisotopic (exact) mass is 504 g/mol. The van der Waals surface area contributed by atoms with Crippen LogP contribution in [0.1, 0.15) is 86.5 Å². The Labute approximate surface area is 213 Å². The number of epoxide rings is 2. The van der Waals surface area contributed by atoms with Crippen LogP contribution in [0.25, 0.3) is 0 Å². The lowest BCUT2D eigenvalue weighted by Gasteiger charge is -2.56. The van der Waals surface area contributed by atoms with Crippen LogP contribution < -0.4 is 0 Å². The zero-order valence-corrected chi connectivity index (χ0v) is 22.3. The van der Waals surface area contributed by atoms with Crippen molar-refractivity contribution in [1.29, 1.82) is 0 Å². The molecule has 0 aromatic heterocycles. The number of Topliss-reactive ketones (excluding diaryl/α,β-unsaturated/α-hetero) is 1. The van der Waals surface area contributed by atoms with Crippen LogP contribution in [-0.2, 0) is 33.3 Å². The Hall–Kier alpha value is -1.77. The third-order valence-corrected chi connectivity index (χ3v) is 9.72. The van der Waals surface area contributed by atoms with Gasteiger partial charge in [0, 0.05) is 23.8 Å². The van der Waals surface area contributed by atoms with Crippen LogP contribution in [0.3, 0.4) is 0 Å². The van der Waals surface area contributed by atoms with Gasteiger partial charge in [0.15, 0.2) is 11.7 Å². The zero-order valence-electron chi connectivity index (χ0n) is 22.3. The molecule has 8 heteroatoms. The highest BCUT2D eigenvalue weighted by atomic mass is 16.7. The maximum atomic E-state index is 12.8. The van der Waals surface area contributed by atoms with Crippen molar-refractivity contribution in [3.63, 3.8) is 0 Å². The van der Waals surface area contributed by atoms with E-state index >= 15 is 0 Å². The first-order valence-corrected chi connectivity index (χ1v) is 13.6. The quantitative estimate of drug-likeness (QED) is 0.447. The fraction of sp³-hybridized carbons (Fsp3) is 0.821. The summed E-state index contributed by atoms with van der Waals surface area (Å²) in [5.74, 6) is -0.873. The van der Waals surface area contributed by atoms with Gasteiger partial charge in [0.2, 0.25) is 0 Å². The molecule has 6 aliphatic rings. The highest BCUT2D eigenvalue weighted by molar-refractivity contribution is 5.92. The molecule has 8 nitrogen and oxygen atoms in total. The standard InChI is InChI=1S/C25H32O8.C3H8/c1-12(2)23(29)10-18-25(33-18)22(4)8-7-14-15(11-30-20(14)28)16(22)9-17-24(25,32-17)21(23)31-19(27)6-5-13(3)26;1-3-2/h12,16-18,21,29H,5-11H2,1-4H3;3H2,1-2H3/t16-,17-,18-,21+,22-,23+,24+,25+;/m0./s1. The largest absolute Gasteiger partial charge is 0.458 e. The number of cyclic esters (lactones) is 1. The van der Waals surface area contributed by atoms with Crippen LogP contribution in [0.5, 0.6) is 0 Å². The lowest BCUT2D eigenvalue weighted by atomic mass is 9.46. The molecule has 3 aliphatic carbocycles. The van der Waals surface area contributed by atoms with Crippen molar-refractivity contribution in [3.8, 4) is 0 Å². The zero-order chi connectivity index (χ0) is 26.3. The predicted molar refractivity (Wildman–Crippen MR) is 129 cm³/mol. The van der Waals surface area contributed by atoms with Gasteiger partial charge in [-0.15, -0.1) is 0 Å². The van der Waals surface area contributed by atoms with E-state index in [1.165, 1.54) is 13.3 Å². The van der Waals surface area contributed by atoms with E-state index < -0.39 is 28.9 Å². The van der Waals surface area contributed by atoms with Crippen LogP contribution in [0.2, 0.25) is 0 Å². The van der Waals surface area contributed by atoms with Crippen molar-refractivity contribution in [3.05, 3.63) is 11.1 Å². The smallest absolute Gasteiger partial charge is 0.334 e. The van der Waals surface area contributed by atoms with Gasteiger partial charge >= 0.3 is 11.9 Å². The summed E-state index contributed by atoms with van der Waals surface area (Å²) in [6, 6.07) is 0. The summed E-state index contributed by atoms with van der Waals surface area (Å²) in [6.45, 7) is 12.1. The number of esters is 2. The Bertz CT molecular complexity index is 1020. The molecular formula is C28H40O8. The van der Waals surface area contributed by atoms with Crippen LogP contribution in [-0.4, -0.2) is 64.6 Å². The molecule has 0 aromatic rings. The van der Waals surface area contributed by atoms with Crippen molar-refractivity contribution in [2.45, 2.75) is 122 Å². The van der Waals surface area contributed by atoms with E-state index in [1.807, 2.05) is 13.8 Å². The first-order chi connectivity index (χ1) is 16.9. The summed E-state index contributed by atoms with van der Waals surface area (Å²) in [5.41, 5.74) is -1.32. The van der Waals surface area contributed by atoms with E-state index in [9.17, 15) is 19.5 Å². The van der Waals surface area contributed by atoms with Gasteiger partial charge in [-0.05, 0) is 43.6 Å². The number of hydrogen-bond acceptors (Lipinski definition) is 8. The van der Waals surface area contributed by atoms with E-state index in [4.69, 9.17) is 18.9 Å². The highest BCUT2D eigenvalue weighted by Crippen LogP contribution is 2.80. The summed E-state index contributed by atoms with van der Waals surface area (Å²) >= 11 is 0. The van der Waals surface area contributed by atoms with Gasteiger partial charge in [-0.1, -0.05) is 41.0 Å². The second-order valence-electron chi connectivity index (χ2n) is 12.2. The molecule has 6 rings (SSSR count). The summed E-state index contributed by atoms with van der Waals surface area (Å²) in [5, 5.41) is 11.8. The van der Waals surface area contributed by atoms with Crippen LogP contribution in [0.4, 0.5) is 0 Å². The molecule has 0 aromatic carbocycles. The fourth-order valence-corrected chi connectivity index (χ4v) is 7.84. The number of aliphatic hydroxyl groups is 1. The van der Waals surface area contributed by atoms with Crippen molar-refractivity contribution < 1.29 is 38.4 Å². The Morgan fingerprint density at radius 3 is 2.50 bits per heavy atom. The van der Waals surface area contributed by atoms with Gasteiger partial charge in [0.25, 0.3) is 0 Å². The van der Waals surface area contributed by atoms with Gasteiger partial charge in [-0.2, -0.15) is 0 Å². The second-order valence-corrected chi connectivity index (χ2v) is 12.2. The number of ether oxygens (including phenoxy) is 4. The van der Waals surface area contributed by atoms with Gasteiger partial charge in [0.1, 0.15) is 23.6 Å².